The van der Waals surface area contributed by atoms with E-state index in [0.717, 1.165) is 5.56 Å². The Morgan fingerprint density at radius 3 is 3.04 bits per heavy atom. The molecule has 0 bridgehead atoms. The fourth-order valence-electron chi connectivity index (χ4n) is 3.64. The average molecular weight is 373 g/mol. The van der Waals surface area contributed by atoms with Crippen LogP contribution in [0.15, 0.2) is 36.8 Å². The molecule has 3 atom stereocenters. The SMILES string of the molecule is CC(c1cn[nH]c1)n1cc(C(=O)NC2CCNCC2F)c2c(F)cccc21. The minimum Gasteiger partial charge on any atom is -0.346 e. The lowest BCUT2D eigenvalue weighted by atomic mass is 10.0. The van der Waals surface area contributed by atoms with Crippen LogP contribution < -0.4 is 10.6 Å². The minimum atomic E-state index is -1.16. The molecule has 2 aromatic heterocycles. The summed E-state index contributed by atoms with van der Waals surface area (Å²) in [5, 5.41) is 12.7. The van der Waals surface area contributed by atoms with Crippen LogP contribution in [0.3, 0.4) is 0 Å². The quantitative estimate of drug-likeness (QED) is 0.658. The van der Waals surface area contributed by atoms with E-state index in [1.165, 1.54) is 6.07 Å². The molecule has 3 N–H and O–H groups in total. The molecule has 4 rings (SSSR count). The van der Waals surface area contributed by atoms with E-state index in [4.69, 9.17) is 0 Å². The Kier molecular flexibility index (Phi) is 4.65. The zero-order valence-corrected chi connectivity index (χ0v) is 14.9. The highest BCUT2D eigenvalue weighted by atomic mass is 19.1. The van der Waals surface area contributed by atoms with Crippen molar-refractivity contribution in [1.29, 1.82) is 0 Å². The van der Waals surface area contributed by atoms with Crippen molar-refractivity contribution in [2.75, 3.05) is 13.1 Å². The van der Waals surface area contributed by atoms with E-state index in [-0.39, 0.29) is 23.5 Å². The molecule has 6 nitrogen and oxygen atoms in total. The summed E-state index contributed by atoms with van der Waals surface area (Å²) in [7, 11) is 0. The molecule has 1 amide bonds. The van der Waals surface area contributed by atoms with Crippen molar-refractivity contribution in [2.45, 2.75) is 31.6 Å². The molecule has 3 heterocycles. The summed E-state index contributed by atoms with van der Waals surface area (Å²) in [4.78, 5) is 12.9. The second kappa shape index (κ2) is 7.11. The maximum absolute atomic E-state index is 14.6. The van der Waals surface area contributed by atoms with Crippen LogP contribution in [0.4, 0.5) is 8.78 Å². The number of halogens is 2. The lowest BCUT2D eigenvalue weighted by Gasteiger charge is -2.27. The predicted molar refractivity (Wildman–Crippen MR) is 97.9 cm³/mol. The molecule has 3 unspecified atom stereocenters. The van der Waals surface area contributed by atoms with Gasteiger partial charge in [0.2, 0.25) is 0 Å². The van der Waals surface area contributed by atoms with Crippen molar-refractivity contribution >= 4 is 16.8 Å². The first-order valence-electron chi connectivity index (χ1n) is 8.99. The van der Waals surface area contributed by atoms with Gasteiger partial charge in [-0.2, -0.15) is 5.10 Å². The van der Waals surface area contributed by atoms with Crippen LogP contribution in [-0.4, -0.2) is 46.0 Å². The molecule has 1 saturated heterocycles. The Labute approximate surface area is 154 Å². The fraction of sp³-hybridized carbons (Fsp3) is 0.368. The van der Waals surface area contributed by atoms with E-state index in [0.29, 0.717) is 18.5 Å². The van der Waals surface area contributed by atoms with Gasteiger partial charge in [0.25, 0.3) is 5.91 Å². The number of alkyl halides is 1. The summed E-state index contributed by atoms with van der Waals surface area (Å²) in [6, 6.07) is 3.99. The third-order valence-electron chi connectivity index (χ3n) is 5.20. The minimum absolute atomic E-state index is 0.151. The number of hydrogen-bond donors (Lipinski definition) is 3. The number of fused-ring (bicyclic) bond motifs is 1. The smallest absolute Gasteiger partial charge is 0.253 e. The predicted octanol–water partition coefficient (Wildman–Crippen LogP) is 2.54. The summed E-state index contributed by atoms with van der Waals surface area (Å²) in [6.07, 6.45) is 4.43. The van der Waals surface area contributed by atoms with Crippen LogP contribution in [0.1, 0.15) is 35.3 Å². The molecule has 142 valence electrons. The number of piperidine rings is 1. The Bertz CT molecular complexity index is 953. The Morgan fingerprint density at radius 1 is 1.44 bits per heavy atom. The molecular weight excluding hydrogens is 352 g/mol. The third kappa shape index (κ3) is 3.21. The van der Waals surface area contributed by atoms with Crippen LogP contribution in [0, 0.1) is 5.82 Å². The number of carbonyl (C=O) groups excluding carboxylic acids is 1. The number of carbonyl (C=O) groups is 1. The Hall–Kier alpha value is -2.74. The summed E-state index contributed by atoms with van der Waals surface area (Å²) in [6.45, 7) is 2.79. The van der Waals surface area contributed by atoms with Gasteiger partial charge in [0.15, 0.2) is 0 Å². The van der Waals surface area contributed by atoms with Crippen LogP contribution in [0.25, 0.3) is 10.9 Å². The van der Waals surface area contributed by atoms with Gasteiger partial charge in [-0.3, -0.25) is 9.89 Å². The number of H-pyrrole nitrogens is 1. The highest BCUT2D eigenvalue weighted by Crippen LogP contribution is 2.30. The van der Waals surface area contributed by atoms with Crippen molar-refractivity contribution in [3.8, 4) is 0 Å². The lowest BCUT2D eigenvalue weighted by Crippen LogP contribution is -2.50. The Balaban J connectivity index is 1.73. The van der Waals surface area contributed by atoms with E-state index in [1.807, 2.05) is 11.5 Å². The molecule has 3 aromatic rings. The van der Waals surface area contributed by atoms with Gasteiger partial charge in [0.1, 0.15) is 12.0 Å². The van der Waals surface area contributed by atoms with Crippen molar-refractivity contribution in [1.82, 2.24) is 25.4 Å². The largest absolute Gasteiger partial charge is 0.346 e. The summed E-state index contributed by atoms with van der Waals surface area (Å²) >= 11 is 0. The number of aromatic nitrogens is 3. The molecule has 0 saturated carbocycles. The van der Waals surface area contributed by atoms with E-state index in [9.17, 15) is 13.6 Å². The monoisotopic (exact) mass is 373 g/mol. The second-order valence-electron chi connectivity index (χ2n) is 6.88. The number of hydrogen-bond acceptors (Lipinski definition) is 3. The number of nitrogens with one attached hydrogen (secondary N) is 3. The zero-order chi connectivity index (χ0) is 19.0. The van der Waals surface area contributed by atoms with Gasteiger partial charge in [0.05, 0.1) is 29.4 Å². The van der Waals surface area contributed by atoms with E-state index in [2.05, 4.69) is 20.8 Å². The van der Waals surface area contributed by atoms with Gasteiger partial charge in [-0.25, -0.2) is 8.78 Å². The summed E-state index contributed by atoms with van der Waals surface area (Å²) in [5.41, 5.74) is 1.73. The second-order valence-corrected chi connectivity index (χ2v) is 6.88. The van der Waals surface area contributed by atoms with E-state index < -0.39 is 23.9 Å². The average Bonchev–Trinajstić information content (AvgIpc) is 3.31. The van der Waals surface area contributed by atoms with Crippen LogP contribution in [-0.2, 0) is 0 Å². The number of aromatic amines is 1. The maximum Gasteiger partial charge on any atom is 0.253 e. The normalized spacial score (nSPS) is 21.3. The molecular formula is C19H21F2N5O. The first kappa shape index (κ1) is 17.7. The standard InChI is InChI=1S/C19H21F2N5O/c1-11(12-7-23-24-8-12)26-10-13(18-14(20)3-2-4-17(18)26)19(27)25-16-5-6-22-9-15(16)21/h2-4,7-8,10-11,15-16,22H,5-6,9H2,1H3,(H,23,24)(H,25,27). The molecule has 0 spiro atoms. The number of amides is 1. The molecule has 0 radical (unpaired) electrons. The van der Waals surface area contributed by atoms with Gasteiger partial charge < -0.3 is 15.2 Å². The van der Waals surface area contributed by atoms with E-state index >= 15 is 0 Å². The molecule has 0 aliphatic carbocycles. The van der Waals surface area contributed by atoms with Crippen LogP contribution >= 0.6 is 0 Å². The lowest BCUT2D eigenvalue weighted by molar-refractivity contribution is 0.0893. The number of nitrogens with zero attached hydrogens (tertiary/aromatic N) is 2. The molecule has 8 heteroatoms. The van der Waals surface area contributed by atoms with Gasteiger partial charge in [0, 0.05) is 29.9 Å². The molecule has 1 aromatic carbocycles. The van der Waals surface area contributed by atoms with Crippen molar-refractivity contribution < 1.29 is 13.6 Å². The number of benzene rings is 1. The van der Waals surface area contributed by atoms with Gasteiger partial charge in [-0.15, -0.1) is 0 Å². The molecule has 1 fully saturated rings. The van der Waals surface area contributed by atoms with Crippen LogP contribution in [0.2, 0.25) is 0 Å². The topological polar surface area (TPSA) is 74.7 Å². The highest BCUT2D eigenvalue weighted by molar-refractivity contribution is 6.07. The first-order valence-corrected chi connectivity index (χ1v) is 8.99. The summed E-state index contributed by atoms with van der Waals surface area (Å²) in [5.74, 6) is -0.935. The maximum atomic E-state index is 14.6. The fourth-order valence-corrected chi connectivity index (χ4v) is 3.64. The van der Waals surface area contributed by atoms with Gasteiger partial charge in [-0.05, 0) is 32.0 Å². The van der Waals surface area contributed by atoms with Crippen molar-refractivity contribution in [2.24, 2.45) is 0 Å². The number of rotatable bonds is 4. The molecule has 27 heavy (non-hydrogen) atoms. The summed E-state index contributed by atoms with van der Waals surface area (Å²) < 4.78 is 30.5. The van der Waals surface area contributed by atoms with Crippen molar-refractivity contribution in [3.63, 3.8) is 0 Å². The van der Waals surface area contributed by atoms with Crippen molar-refractivity contribution in [3.05, 3.63) is 53.7 Å². The van der Waals surface area contributed by atoms with Gasteiger partial charge >= 0.3 is 0 Å². The van der Waals surface area contributed by atoms with E-state index in [1.54, 1.807) is 30.7 Å². The molecule has 1 aliphatic heterocycles. The molecule has 1 aliphatic rings. The Morgan fingerprint density at radius 2 is 2.30 bits per heavy atom. The van der Waals surface area contributed by atoms with Gasteiger partial charge in [-0.1, -0.05) is 6.07 Å². The van der Waals surface area contributed by atoms with Crippen LogP contribution in [0.5, 0.6) is 0 Å². The third-order valence-corrected chi connectivity index (χ3v) is 5.20. The highest BCUT2D eigenvalue weighted by Gasteiger charge is 2.28. The first-order chi connectivity index (χ1) is 13.1. The zero-order valence-electron chi connectivity index (χ0n) is 14.9.